The van der Waals surface area contributed by atoms with Gasteiger partial charge in [0.15, 0.2) is 0 Å². The van der Waals surface area contributed by atoms with Gasteiger partial charge in [-0.15, -0.1) is 0 Å². The zero-order valence-electron chi connectivity index (χ0n) is 29.7. The number of anilines is 1. The van der Waals surface area contributed by atoms with Crippen LogP contribution in [0.3, 0.4) is 0 Å². The molecule has 2 saturated heterocycles. The Balaban J connectivity index is 1.79. The number of hydrogen-bond donors (Lipinski definition) is 3. The van der Waals surface area contributed by atoms with E-state index in [1.165, 1.54) is 37.9 Å². The molecule has 13 nitrogen and oxygen atoms in total. The first-order chi connectivity index (χ1) is 23.0. The van der Waals surface area contributed by atoms with Crippen molar-refractivity contribution in [1.82, 2.24) is 15.5 Å². The van der Waals surface area contributed by atoms with E-state index in [0.717, 1.165) is 11.1 Å². The van der Waals surface area contributed by atoms with Crippen LogP contribution in [0.15, 0.2) is 35.9 Å². The molecule has 2 fully saturated rings. The summed E-state index contributed by atoms with van der Waals surface area (Å²) in [6.07, 6.45) is 3.24. The van der Waals surface area contributed by atoms with Crippen LogP contribution in [-0.4, -0.2) is 97.9 Å². The van der Waals surface area contributed by atoms with Gasteiger partial charge in [-0.3, -0.25) is 10.1 Å². The summed E-state index contributed by atoms with van der Waals surface area (Å²) in [6.45, 7) is 8.97. The molecule has 4 rings (SSSR count). The maximum absolute atomic E-state index is 14.0. The van der Waals surface area contributed by atoms with Crippen molar-refractivity contribution in [3.05, 3.63) is 46.5 Å². The molecule has 14 heteroatoms. The number of rotatable bonds is 5. The lowest BCUT2D eigenvalue weighted by Gasteiger charge is -2.42. The van der Waals surface area contributed by atoms with Crippen LogP contribution in [0.25, 0.3) is 0 Å². The Hall–Kier alpha value is -3.81. The molecule has 0 aromatic heterocycles. The minimum absolute atomic E-state index is 0.0750. The fourth-order valence-corrected chi connectivity index (χ4v) is 6.96. The third-order valence-corrected chi connectivity index (χ3v) is 10.4. The van der Waals surface area contributed by atoms with E-state index in [0.29, 0.717) is 24.3 Å². The van der Waals surface area contributed by atoms with Crippen molar-refractivity contribution in [2.75, 3.05) is 33.2 Å². The lowest BCUT2D eigenvalue weighted by atomic mass is 9.80. The molecule has 1 aromatic rings. The fourth-order valence-electron chi connectivity index (χ4n) is 6.64. The van der Waals surface area contributed by atoms with Crippen LogP contribution >= 0.6 is 11.6 Å². The summed E-state index contributed by atoms with van der Waals surface area (Å²) >= 11 is 6.73. The van der Waals surface area contributed by atoms with E-state index in [9.17, 15) is 24.3 Å². The first-order valence-corrected chi connectivity index (χ1v) is 16.9. The predicted octanol–water partition coefficient (Wildman–Crippen LogP) is 4.34. The second-order valence-corrected chi connectivity index (χ2v) is 13.8. The molecular formula is C35H49ClN4O9. The topological polar surface area (TPSA) is 159 Å². The molecule has 4 bridgehead atoms. The molecule has 4 amide bonds. The number of benzene rings is 1. The molecule has 3 aliphatic rings. The Morgan fingerprint density at radius 3 is 2.63 bits per heavy atom. The number of urea groups is 1. The summed E-state index contributed by atoms with van der Waals surface area (Å²) in [5, 5.41) is 17.1. The van der Waals surface area contributed by atoms with Crippen molar-refractivity contribution in [2.45, 2.75) is 96.0 Å². The molecule has 0 aliphatic carbocycles. The normalized spacial score (nSPS) is 32.7. The highest BCUT2D eigenvalue weighted by atomic mass is 35.5. The van der Waals surface area contributed by atoms with Crippen LogP contribution < -0.4 is 20.3 Å². The molecule has 49 heavy (non-hydrogen) atoms. The second kappa shape index (κ2) is 15.0. The number of esters is 1. The highest BCUT2D eigenvalue weighted by Crippen LogP contribution is 2.49. The number of allylic oxidation sites excluding steroid dienone is 3. The number of carbonyl (C=O) groups excluding carboxylic acids is 4. The van der Waals surface area contributed by atoms with Crippen molar-refractivity contribution in [1.29, 1.82) is 0 Å². The number of nitrogens with one attached hydrogen (secondary N) is 2. The summed E-state index contributed by atoms with van der Waals surface area (Å²) in [5.41, 5.74) is -0.550. The Kier molecular flexibility index (Phi) is 11.6. The van der Waals surface area contributed by atoms with Gasteiger partial charge in [-0.25, -0.2) is 14.4 Å². The van der Waals surface area contributed by atoms with Crippen molar-refractivity contribution in [2.24, 2.45) is 11.8 Å². The Labute approximate surface area is 292 Å². The van der Waals surface area contributed by atoms with E-state index < -0.39 is 71.5 Å². The van der Waals surface area contributed by atoms with Gasteiger partial charge in [-0.1, -0.05) is 49.2 Å². The van der Waals surface area contributed by atoms with Gasteiger partial charge in [-0.2, -0.15) is 0 Å². The van der Waals surface area contributed by atoms with Crippen molar-refractivity contribution >= 4 is 41.3 Å². The molecule has 0 radical (unpaired) electrons. The number of nitrogens with zero attached hydrogens (tertiary/aromatic N) is 2. The molecule has 1 aromatic carbocycles. The average molecular weight is 705 g/mol. The maximum atomic E-state index is 14.0. The third kappa shape index (κ3) is 7.99. The minimum atomic E-state index is -1.60. The Morgan fingerprint density at radius 2 is 2.00 bits per heavy atom. The van der Waals surface area contributed by atoms with Crippen LogP contribution in [-0.2, 0) is 30.2 Å². The number of alkyl carbamates (subject to hydrolysis) is 1. The standard InChI is InChI=1S/C35H49ClN4O9/c1-10-23-13-11-12-19(2)14-22-15-24(29(36)25(16-22)46-9)40(8)28(41)17-27(48-31(42)21(4)39(7)32(43)37-6)34(5)30(49-34)20(3)26-18-35(23,45)38-33(44)47-26/h11-13,15-16,20-21,23,26-27,30,45H,10,14,17-18H2,1-9H3,(H,37,43)(H,38,44)/b13-11+,19-12+/t20-,21+,23-,26+,27-,30+,34+,35+/m1/s1. The molecule has 8 atom stereocenters. The SMILES string of the molecule is CC[C@@H]1/C=C/C=C(\C)Cc2cc(OC)c(Cl)c(c2)N(C)C(=O)C[C@@H](OC(=O)[C@H](C)N(C)C(=O)NC)[C@]2(C)O[C@H]2[C@H](C)[C@@H]2C[C@@]1(O)NC(=O)O2. The van der Waals surface area contributed by atoms with Gasteiger partial charge in [0.2, 0.25) is 5.91 Å². The van der Waals surface area contributed by atoms with E-state index in [1.54, 1.807) is 14.0 Å². The van der Waals surface area contributed by atoms with Gasteiger partial charge in [0.05, 0.1) is 25.3 Å². The number of halogens is 1. The summed E-state index contributed by atoms with van der Waals surface area (Å²) < 4.78 is 23.5. The zero-order chi connectivity index (χ0) is 36.4. The number of fused-ring (bicyclic) bond motifs is 5. The second-order valence-electron chi connectivity index (χ2n) is 13.4. The van der Waals surface area contributed by atoms with Crippen molar-refractivity contribution in [3.8, 4) is 5.75 Å². The van der Waals surface area contributed by atoms with Gasteiger partial charge in [-0.05, 0) is 51.3 Å². The quantitative estimate of drug-likeness (QED) is 0.300. The Bertz CT molecular complexity index is 1520. The number of likely N-dealkylation sites (N-methyl/N-ethyl adjacent to an activating group) is 1. The first kappa shape index (κ1) is 38.0. The first-order valence-electron chi connectivity index (χ1n) is 16.5. The van der Waals surface area contributed by atoms with E-state index in [4.69, 9.17) is 30.5 Å². The molecule has 3 N–H and O–H groups in total. The smallest absolute Gasteiger partial charge is 0.409 e. The number of carbonyl (C=O) groups is 4. The van der Waals surface area contributed by atoms with Crippen LogP contribution in [0.2, 0.25) is 5.02 Å². The van der Waals surface area contributed by atoms with Gasteiger partial charge < -0.3 is 39.2 Å². The molecule has 3 heterocycles. The van der Waals surface area contributed by atoms with Gasteiger partial charge >= 0.3 is 18.1 Å². The monoisotopic (exact) mass is 704 g/mol. The molecular weight excluding hydrogens is 656 g/mol. The minimum Gasteiger partial charge on any atom is -0.495 e. The van der Waals surface area contributed by atoms with Gasteiger partial charge in [0.25, 0.3) is 0 Å². The lowest BCUT2D eigenvalue weighted by Crippen LogP contribution is -2.61. The van der Waals surface area contributed by atoms with Crippen LogP contribution in [0, 0.1) is 11.8 Å². The average Bonchev–Trinajstić information content (AvgIpc) is 3.76. The van der Waals surface area contributed by atoms with Crippen molar-refractivity contribution < 1.29 is 43.2 Å². The summed E-state index contributed by atoms with van der Waals surface area (Å²) in [5.74, 6) is -1.68. The number of ether oxygens (including phenoxy) is 4. The van der Waals surface area contributed by atoms with E-state index in [-0.39, 0.29) is 17.9 Å². The van der Waals surface area contributed by atoms with Gasteiger partial charge in [0, 0.05) is 39.4 Å². The predicted molar refractivity (Wildman–Crippen MR) is 183 cm³/mol. The summed E-state index contributed by atoms with van der Waals surface area (Å²) in [4.78, 5) is 55.2. The number of methoxy groups -OCH3 is 1. The molecule has 3 aliphatic heterocycles. The molecule has 270 valence electrons. The van der Waals surface area contributed by atoms with E-state index in [2.05, 4.69) is 10.6 Å². The third-order valence-electron chi connectivity index (χ3n) is 10.1. The number of hydrogen-bond acceptors (Lipinski definition) is 9. The Morgan fingerprint density at radius 1 is 1.31 bits per heavy atom. The van der Waals surface area contributed by atoms with Crippen LogP contribution in [0.1, 0.15) is 59.4 Å². The zero-order valence-corrected chi connectivity index (χ0v) is 30.4. The number of aliphatic hydroxyl groups is 1. The summed E-state index contributed by atoms with van der Waals surface area (Å²) in [7, 11) is 5.99. The maximum Gasteiger partial charge on any atom is 0.409 e. The van der Waals surface area contributed by atoms with Gasteiger partial charge in [0.1, 0.15) is 40.3 Å². The van der Waals surface area contributed by atoms with Crippen molar-refractivity contribution in [3.63, 3.8) is 0 Å². The number of epoxide rings is 1. The lowest BCUT2D eigenvalue weighted by molar-refractivity contribution is -0.158. The molecule has 0 spiro atoms. The van der Waals surface area contributed by atoms with Crippen LogP contribution in [0.4, 0.5) is 15.3 Å². The van der Waals surface area contributed by atoms with E-state index in [1.807, 2.05) is 51.1 Å². The molecule has 0 saturated carbocycles. The fraction of sp³-hybridized carbons (Fsp3) is 0.600. The highest BCUT2D eigenvalue weighted by molar-refractivity contribution is 6.35. The molecule has 0 unspecified atom stereocenters. The number of amides is 4. The highest BCUT2D eigenvalue weighted by Gasteiger charge is 2.64. The summed E-state index contributed by atoms with van der Waals surface area (Å²) in [6, 6.07) is 2.14. The van der Waals surface area contributed by atoms with Crippen LogP contribution in [0.5, 0.6) is 5.75 Å². The largest absolute Gasteiger partial charge is 0.495 e. The van der Waals surface area contributed by atoms with E-state index >= 15 is 0 Å².